The zero-order valence-corrected chi connectivity index (χ0v) is 8.76. The molecule has 0 fully saturated rings. The number of nitrogens with zero attached hydrogens (tertiary/aromatic N) is 1. The highest BCUT2D eigenvalue weighted by Crippen LogP contribution is 2.07. The number of hydrogen-bond donors (Lipinski definition) is 1. The van der Waals surface area contributed by atoms with Crippen LogP contribution in [0, 0.1) is 11.3 Å². The van der Waals surface area contributed by atoms with Gasteiger partial charge < -0.3 is 9.84 Å². The average molecular weight is 205 g/mol. The van der Waals surface area contributed by atoms with Crippen LogP contribution in [0.5, 0.6) is 0 Å². The molecule has 1 aromatic rings. The fourth-order valence-corrected chi connectivity index (χ4v) is 1.21. The number of hydrogen-bond acceptors (Lipinski definition) is 3. The van der Waals surface area contributed by atoms with E-state index in [1.54, 1.807) is 0 Å². The zero-order valence-electron chi connectivity index (χ0n) is 8.76. The first kappa shape index (κ1) is 11.7. The van der Waals surface area contributed by atoms with E-state index in [2.05, 4.69) is 0 Å². The molecule has 0 aliphatic carbocycles. The topological polar surface area (TPSA) is 53.2 Å². The maximum Gasteiger partial charge on any atom is 0.170 e. The van der Waals surface area contributed by atoms with E-state index in [1.165, 1.54) is 0 Å². The van der Waals surface area contributed by atoms with Crippen LogP contribution in [-0.2, 0) is 11.3 Å². The van der Waals surface area contributed by atoms with Crippen molar-refractivity contribution in [2.45, 2.75) is 32.2 Å². The minimum absolute atomic E-state index is 0.357. The lowest BCUT2D eigenvalue weighted by molar-refractivity contribution is -0.0153. The number of rotatable bonds is 5. The highest BCUT2D eigenvalue weighted by Gasteiger charge is 2.16. The smallest absolute Gasteiger partial charge is 0.170 e. The first-order valence-corrected chi connectivity index (χ1v) is 5.01. The van der Waals surface area contributed by atoms with Gasteiger partial charge in [-0.3, -0.25) is 0 Å². The van der Waals surface area contributed by atoms with Crippen molar-refractivity contribution in [2.75, 3.05) is 0 Å². The van der Waals surface area contributed by atoms with Crippen LogP contribution >= 0.6 is 0 Å². The third-order valence-electron chi connectivity index (χ3n) is 2.17. The maximum atomic E-state index is 9.45. The quantitative estimate of drug-likeness (QED) is 0.798. The third-order valence-corrected chi connectivity index (χ3v) is 2.17. The summed E-state index contributed by atoms with van der Waals surface area (Å²) in [4.78, 5) is 0. The predicted octanol–water partition coefficient (Wildman–Crippen LogP) is 1.87. The Morgan fingerprint density at radius 1 is 1.40 bits per heavy atom. The Balaban J connectivity index is 2.46. The maximum absolute atomic E-state index is 9.45. The Kier molecular flexibility index (Phi) is 4.82. The van der Waals surface area contributed by atoms with Gasteiger partial charge in [-0.05, 0) is 12.0 Å². The molecule has 0 radical (unpaired) electrons. The summed E-state index contributed by atoms with van der Waals surface area (Å²) in [6.07, 6.45) is -0.929. The molecule has 0 saturated carbocycles. The van der Waals surface area contributed by atoms with Crippen molar-refractivity contribution in [2.24, 2.45) is 0 Å². The van der Waals surface area contributed by atoms with Gasteiger partial charge in [0.15, 0.2) is 6.10 Å². The minimum atomic E-state index is -0.741. The predicted molar refractivity (Wildman–Crippen MR) is 56.9 cm³/mol. The lowest BCUT2D eigenvalue weighted by atomic mass is 10.1. The van der Waals surface area contributed by atoms with Gasteiger partial charge in [0.2, 0.25) is 0 Å². The standard InChI is InChI=1S/C12H15NO2/c1-2-11(14)12(8-13)15-9-10-6-4-3-5-7-10/h3-7,11-12,14H,2,9H2,1H3/t11?,12-/m0/s1. The molecule has 0 heterocycles. The van der Waals surface area contributed by atoms with Gasteiger partial charge in [0.25, 0.3) is 0 Å². The third kappa shape index (κ3) is 3.70. The second-order valence-electron chi connectivity index (χ2n) is 3.32. The van der Waals surface area contributed by atoms with Gasteiger partial charge in [-0.1, -0.05) is 37.3 Å². The van der Waals surface area contributed by atoms with E-state index in [0.29, 0.717) is 13.0 Å². The lowest BCUT2D eigenvalue weighted by Gasteiger charge is -2.15. The van der Waals surface area contributed by atoms with E-state index in [4.69, 9.17) is 10.00 Å². The van der Waals surface area contributed by atoms with Crippen LogP contribution < -0.4 is 0 Å². The van der Waals surface area contributed by atoms with Crippen molar-refractivity contribution >= 4 is 0 Å². The summed E-state index contributed by atoms with van der Waals surface area (Å²) < 4.78 is 5.32. The molecule has 80 valence electrons. The number of nitriles is 1. The van der Waals surface area contributed by atoms with Crippen LogP contribution in [0.2, 0.25) is 0 Å². The molecule has 1 aromatic carbocycles. The van der Waals surface area contributed by atoms with Crippen molar-refractivity contribution in [3.63, 3.8) is 0 Å². The van der Waals surface area contributed by atoms with E-state index in [-0.39, 0.29) is 0 Å². The van der Waals surface area contributed by atoms with Crippen molar-refractivity contribution in [1.29, 1.82) is 5.26 Å². The molecule has 0 saturated heterocycles. The van der Waals surface area contributed by atoms with Crippen LogP contribution in [0.3, 0.4) is 0 Å². The molecule has 3 heteroatoms. The van der Waals surface area contributed by atoms with Gasteiger partial charge >= 0.3 is 0 Å². The molecule has 0 aliphatic heterocycles. The Labute approximate surface area is 89.9 Å². The van der Waals surface area contributed by atoms with Crippen molar-refractivity contribution in [1.82, 2.24) is 0 Å². The highest BCUT2D eigenvalue weighted by molar-refractivity contribution is 5.13. The molecule has 1 unspecified atom stereocenters. The molecule has 15 heavy (non-hydrogen) atoms. The van der Waals surface area contributed by atoms with Crippen molar-refractivity contribution < 1.29 is 9.84 Å². The minimum Gasteiger partial charge on any atom is -0.389 e. The van der Waals surface area contributed by atoms with E-state index >= 15 is 0 Å². The second kappa shape index (κ2) is 6.18. The van der Waals surface area contributed by atoms with Gasteiger partial charge in [-0.25, -0.2) is 0 Å². The molecule has 1 rings (SSSR count). The van der Waals surface area contributed by atoms with Gasteiger partial charge in [0.05, 0.1) is 18.8 Å². The van der Waals surface area contributed by atoms with Crippen LogP contribution in [-0.4, -0.2) is 17.3 Å². The Morgan fingerprint density at radius 3 is 2.60 bits per heavy atom. The molecule has 0 amide bonds. The summed E-state index contributed by atoms with van der Waals surface area (Å²) in [5.41, 5.74) is 1.00. The first-order valence-electron chi connectivity index (χ1n) is 5.01. The molecule has 0 bridgehead atoms. The molecule has 3 nitrogen and oxygen atoms in total. The molecule has 0 aliphatic rings. The monoisotopic (exact) mass is 205 g/mol. The lowest BCUT2D eigenvalue weighted by Crippen LogP contribution is -2.26. The SMILES string of the molecule is CCC(O)[C@H](C#N)OCc1ccccc1. The van der Waals surface area contributed by atoms with Gasteiger partial charge in [-0.2, -0.15) is 5.26 Å². The number of aliphatic hydroxyl groups is 1. The summed E-state index contributed by atoms with van der Waals surface area (Å²) in [5.74, 6) is 0. The van der Waals surface area contributed by atoms with Gasteiger partial charge in [-0.15, -0.1) is 0 Å². The molecular formula is C12H15NO2. The van der Waals surface area contributed by atoms with Gasteiger partial charge in [0, 0.05) is 0 Å². The van der Waals surface area contributed by atoms with E-state index in [1.807, 2.05) is 43.3 Å². The Bertz CT molecular complexity index is 318. The fourth-order valence-electron chi connectivity index (χ4n) is 1.21. The molecule has 0 spiro atoms. The fraction of sp³-hybridized carbons (Fsp3) is 0.417. The van der Waals surface area contributed by atoms with Crippen LogP contribution in [0.4, 0.5) is 0 Å². The summed E-state index contributed by atoms with van der Waals surface area (Å²) >= 11 is 0. The molecular weight excluding hydrogens is 190 g/mol. The normalized spacial score (nSPS) is 14.2. The van der Waals surface area contributed by atoms with Crippen LogP contribution in [0.1, 0.15) is 18.9 Å². The highest BCUT2D eigenvalue weighted by atomic mass is 16.5. The summed E-state index contributed by atoms with van der Waals surface area (Å²) in [7, 11) is 0. The van der Waals surface area contributed by atoms with E-state index in [0.717, 1.165) is 5.56 Å². The molecule has 1 N–H and O–H groups in total. The zero-order chi connectivity index (χ0) is 11.1. The summed E-state index contributed by atoms with van der Waals surface area (Å²) in [6.45, 7) is 2.18. The second-order valence-corrected chi connectivity index (χ2v) is 3.32. The van der Waals surface area contributed by atoms with E-state index in [9.17, 15) is 5.11 Å². The van der Waals surface area contributed by atoms with E-state index < -0.39 is 12.2 Å². The van der Waals surface area contributed by atoms with Crippen molar-refractivity contribution in [3.05, 3.63) is 35.9 Å². The average Bonchev–Trinajstić information content (AvgIpc) is 2.31. The van der Waals surface area contributed by atoms with Crippen molar-refractivity contribution in [3.8, 4) is 6.07 Å². The first-order chi connectivity index (χ1) is 7.27. The summed E-state index contributed by atoms with van der Waals surface area (Å²) in [5, 5.41) is 18.2. The number of aliphatic hydroxyl groups excluding tert-OH is 1. The van der Waals surface area contributed by atoms with Gasteiger partial charge in [0.1, 0.15) is 0 Å². The molecule has 2 atom stereocenters. The Morgan fingerprint density at radius 2 is 2.07 bits per heavy atom. The number of benzene rings is 1. The Hall–Kier alpha value is -1.37. The van der Waals surface area contributed by atoms with Crippen LogP contribution in [0.25, 0.3) is 0 Å². The summed E-state index contributed by atoms with van der Waals surface area (Å²) in [6, 6.07) is 11.5. The largest absolute Gasteiger partial charge is 0.389 e. The number of ether oxygens (including phenoxy) is 1. The van der Waals surface area contributed by atoms with Crippen LogP contribution in [0.15, 0.2) is 30.3 Å². The molecule has 0 aromatic heterocycles.